The summed E-state index contributed by atoms with van der Waals surface area (Å²) >= 11 is 0. The molecule has 1 aliphatic rings. The number of ether oxygens (including phenoxy) is 2. The van der Waals surface area contributed by atoms with E-state index in [1.165, 1.54) is 12.8 Å². The number of hydrogen-bond donors (Lipinski definition) is 1. The summed E-state index contributed by atoms with van der Waals surface area (Å²) in [6.07, 6.45) is 2.39. The predicted molar refractivity (Wildman–Crippen MR) is 45.6 cm³/mol. The van der Waals surface area contributed by atoms with Crippen molar-refractivity contribution in [2.24, 2.45) is 5.73 Å². The first-order valence-corrected chi connectivity index (χ1v) is 4.27. The van der Waals surface area contributed by atoms with Gasteiger partial charge in [-0.3, -0.25) is 0 Å². The molecule has 0 atom stereocenters. The average Bonchev–Trinajstić information content (AvgIpc) is 2.10. The van der Waals surface area contributed by atoms with Gasteiger partial charge in [0, 0.05) is 0 Å². The lowest BCUT2D eigenvalue weighted by molar-refractivity contribution is -0.0334. The van der Waals surface area contributed by atoms with Crippen LogP contribution in [0.1, 0.15) is 19.8 Å². The lowest BCUT2D eigenvalue weighted by Crippen LogP contribution is -2.16. The fourth-order valence-corrected chi connectivity index (χ4v) is 0.644. The highest BCUT2D eigenvalue weighted by molar-refractivity contribution is 4.37. The van der Waals surface area contributed by atoms with Gasteiger partial charge in [-0.2, -0.15) is 0 Å². The molecular weight excluding hydrogens is 142 g/mol. The van der Waals surface area contributed by atoms with E-state index in [9.17, 15) is 0 Å². The molecule has 0 spiro atoms. The Labute approximate surface area is 68.9 Å². The topological polar surface area (TPSA) is 44.5 Å². The molecule has 1 rings (SSSR count). The van der Waals surface area contributed by atoms with Crippen molar-refractivity contribution in [2.75, 3.05) is 33.0 Å². The van der Waals surface area contributed by atoms with Gasteiger partial charge in [0.05, 0.1) is 26.4 Å². The van der Waals surface area contributed by atoms with Crippen LogP contribution in [0.3, 0.4) is 0 Å². The van der Waals surface area contributed by atoms with E-state index in [2.05, 4.69) is 6.92 Å². The van der Waals surface area contributed by atoms with Gasteiger partial charge in [0.15, 0.2) is 0 Å². The molecule has 1 aliphatic heterocycles. The molecule has 0 aromatic rings. The molecule has 0 unspecified atom stereocenters. The Morgan fingerprint density at radius 3 is 1.64 bits per heavy atom. The summed E-state index contributed by atoms with van der Waals surface area (Å²) in [4.78, 5) is 0. The van der Waals surface area contributed by atoms with E-state index in [-0.39, 0.29) is 0 Å². The molecule has 0 aliphatic carbocycles. The molecule has 0 aromatic carbocycles. The molecule has 0 aromatic heterocycles. The molecular formula is C8H19NO2. The van der Waals surface area contributed by atoms with Gasteiger partial charge >= 0.3 is 0 Å². The second-order valence-electron chi connectivity index (χ2n) is 2.37. The normalized spacial score (nSPS) is 16.9. The molecule has 1 heterocycles. The molecule has 3 nitrogen and oxygen atoms in total. The van der Waals surface area contributed by atoms with Crippen molar-refractivity contribution in [3.8, 4) is 0 Å². The van der Waals surface area contributed by atoms with Crippen molar-refractivity contribution < 1.29 is 9.47 Å². The molecule has 68 valence electrons. The fraction of sp³-hybridized carbons (Fsp3) is 1.00. The summed E-state index contributed by atoms with van der Waals surface area (Å²) in [6, 6.07) is 0. The lowest BCUT2D eigenvalue weighted by atomic mass is 10.3. The zero-order valence-electron chi connectivity index (χ0n) is 7.34. The second kappa shape index (κ2) is 9.88. The summed E-state index contributed by atoms with van der Waals surface area (Å²) in [5, 5.41) is 0. The van der Waals surface area contributed by atoms with Crippen molar-refractivity contribution in [1.82, 2.24) is 0 Å². The third-order valence-electron chi connectivity index (χ3n) is 1.30. The van der Waals surface area contributed by atoms with Gasteiger partial charge in [0.2, 0.25) is 0 Å². The van der Waals surface area contributed by atoms with Crippen molar-refractivity contribution in [1.29, 1.82) is 0 Å². The Morgan fingerprint density at radius 2 is 1.55 bits per heavy atom. The van der Waals surface area contributed by atoms with Gasteiger partial charge in [0.1, 0.15) is 0 Å². The highest BCUT2D eigenvalue weighted by Gasteiger charge is 1.94. The van der Waals surface area contributed by atoms with Crippen molar-refractivity contribution in [3.05, 3.63) is 0 Å². The standard InChI is InChI=1S/C4H11N.C4H8O2/c1-2-3-4-5;1-2-6-4-3-5-1/h2-5H2,1H3;1-4H2. The van der Waals surface area contributed by atoms with Crippen molar-refractivity contribution in [2.45, 2.75) is 19.8 Å². The van der Waals surface area contributed by atoms with E-state index in [0.29, 0.717) is 0 Å². The molecule has 0 saturated carbocycles. The molecule has 3 heteroatoms. The fourth-order valence-electron chi connectivity index (χ4n) is 0.644. The Bertz CT molecular complexity index is 51.6. The molecule has 1 saturated heterocycles. The van der Waals surface area contributed by atoms with E-state index < -0.39 is 0 Å². The van der Waals surface area contributed by atoms with Gasteiger partial charge in [-0.1, -0.05) is 13.3 Å². The van der Waals surface area contributed by atoms with Crippen LogP contribution in [-0.4, -0.2) is 33.0 Å². The van der Waals surface area contributed by atoms with Gasteiger partial charge < -0.3 is 15.2 Å². The van der Waals surface area contributed by atoms with Crippen LogP contribution >= 0.6 is 0 Å². The van der Waals surface area contributed by atoms with E-state index >= 15 is 0 Å². The van der Waals surface area contributed by atoms with Crippen molar-refractivity contribution >= 4 is 0 Å². The van der Waals surface area contributed by atoms with Crippen LogP contribution in [-0.2, 0) is 9.47 Å². The smallest absolute Gasteiger partial charge is 0.0701 e. The minimum Gasteiger partial charge on any atom is -0.377 e. The summed E-state index contributed by atoms with van der Waals surface area (Å²) in [7, 11) is 0. The SMILES string of the molecule is C1COCCO1.CCCCN. The Balaban J connectivity index is 0.000000187. The van der Waals surface area contributed by atoms with Crippen LogP contribution in [0.15, 0.2) is 0 Å². The van der Waals surface area contributed by atoms with Crippen LogP contribution in [0, 0.1) is 0 Å². The number of rotatable bonds is 2. The predicted octanol–water partition coefficient (Wildman–Crippen LogP) is 0.778. The minimum atomic E-state index is 0.778. The zero-order valence-corrected chi connectivity index (χ0v) is 7.34. The molecule has 0 radical (unpaired) electrons. The minimum absolute atomic E-state index is 0.778. The van der Waals surface area contributed by atoms with Gasteiger partial charge in [-0.25, -0.2) is 0 Å². The third-order valence-corrected chi connectivity index (χ3v) is 1.30. The van der Waals surface area contributed by atoms with Crippen LogP contribution in [0.2, 0.25) is 0 Å². The second-order valence-corrected chi connectivity index (χ2v) is 2.37. The summed E-state index contributed by atoms with van der Waals surface area (Å²) in [5.41, 5.74) is 5.14. The Kier molecular flexibility index (Phi) is 9.77. The van der Waals surface area contributed by atoms with Gasteiger partial charge in [-0.05, 0) is 13.0 Å². The van der Waals surface area contributed by atoms with Crippen LogP contribution in [0.25, 0.3) is 0 Å². The number of nitrogens with two attached hydrogens (primary N) is 1. The number of hydrogen-bond acceptors (Lipinski definition) is 3. The third kappa shape index (κ3) is 9.88. The average molecular weight is 161 g/mol. The number of unbranched alkanes of at least 4 members (excludes halogenated alkanes) is 1. The zero-order chi connectivity index (χ0) is 8.36. The summed E-state index contributed by atoms with van der Waals surface area (Å²) in [6.45, 7) is 6.09. The van der Waals surface area contributed by atoms with E-state index in [4.69, 9.17) is 15.2 Å². The summed E-state index contributed by atoms with van der Waals surface area (Å²) in [5.74, 6) is 0. The summed E-state index contributed by atoms with van der Waals surface area (Å²) < 4.78 is 9.89. The molecule has 2 N–H and O–H groups in total. The largest absolute Gasteiger partial charge is 0.377 e. The first-order valence-electron chi connectivity index (χ1n) is 4.27. The highest BCUT2D eigenvalue weighted by atomic mass is 16.6. The first-order chi connectivity index (χ1) is 5.41. The van der Waals surface area contributed by atoms with E-state index in [0.717, 1.165) is 33.0 Å². The molecule has 11 heavy (non-hydrogen) atoms. The van der Waals surface area contributed by atoms with Crippen molar-refractivity contribution in [3.63, 3.8) is 0 Å². The van der Waals surface area contributed by atoms with Gasteiger partial charge in [0.25, 0.3) is 0 Å². The maximum atomic E-state index is 5.14. The molecule has 0 amide bonds. The highest BCUT2D eigenvalue weighted by Crippen LogP contribution is 1.85. The maximum Gasteiger partial charge on any atom is 0.0701 e. The van der Waals surface area contributed by atoms with E-state index in [1.807, 2.05) is 0 Å². The quantitative estimate of drug-likeness (QED) is 0.651. The van der Waals surface area contributed by atoms with Gasteiger partial charge in [-0.15, -0.1) is 0 Å². The van der Waals surface area contributed by atoms with Crippen LogP contribution < -0.4 is 5.73 Å². The van der Waals surface area contributed by atoms with Crippen LogP contribution in [0.4, 0.5) is 0 Å². The monoisotopic (exact) mass is 161 g/mol. The Morgan fingerprint density at radius 1 is 1.09 bits per heavy atom. The molecule has 1 fully saturated rings. The van der Waals surface area contributed by atoms with Crippen LogP contribution in [0.5, 0.6) is 0 Å². The first kappa shape index (κ1) is 10.9. The Hall–Kier alpha value is -0.120. The van der Waals surface area contributed by atoms with E-state index in [1.54, 1.807) is 0 Å². The lowest BCUT2D eigenvalue weighted by Gasteiger charge is -2.09. The maximum absolute atomic E-state index is 5.14. The molecule has 0 bridgehead atoms.